The molecule has 32 heavy (non-hydrogen) atoms. The molecule has 0 spiro atoms. The molecule has 0 fully saturated rings. The Hall–Kier alpha value is -3.79. The van der Waals surface area contributed by atoms with Crippen molar-refractivity contribution in [1.29, 1.82) is 0 Å². The van der Waals surface area contributed by atoms with Crippen LogP contribution in [0.5, 0.6) is 5.75 Å². The van der Waals surface area contributed by atoms with E-state index in [4.69, 9.17) is 4.74 Å². The van der Waals surface area contributed by atoms with Crippen LogP contribution in [-0.4, -0.2) is 23.8 Å². The highest BCUT2D eigenvalue weighted by Gasteiger charge is 2.20. The highest BCUT2D eigenvalue weighted by molar-refractivity contribution is 7.18. The van der Waals surface area contributed by atoms with Crippen LogP contribution in [0, 0.1) is 18.6 Å². The number of hydrogen-bond acceptors (Lipinski definition) is 5. The summed E-state index contributed by atoms with van der Waals surface area (Å²) in [5.41, 5.74) is 5.18. The number of aryl methyl sites for hydroxylation is 1. The highest BCUT2D eigenvalue weighted by Crippen LogP contribution is 2.27. The van der Waals surface area contributed by atoms with Crippen molar-refractivity contribution in [1.82, 2.24) is 10.9 Å². The molecule has 0 saturated heterocycles. The molecule has 0 aliphatic carbocycles. The largest absolute Gasteiger partial charge is 0.478 e. The van der Waals surface area contributed by atoms with Gasteiger partial charge >= 0.3 is 0 Å². The second-order valence-electron chi connectivity index (χ2n) is 6.72. The molecule has 1 atom stereocenters. The fourth-order valence-electron chi connectivity index (χ4n) is 2.64. The fourth-order valence-corrected chi connectivity index (χ4v) is 3.61. The maximum Gasteiger partial charge on any atom is 0.280 e. The molecule has 0 bridgehead atoms. The SMILES string of the molecule is Cc1cc(NC(=O)c2cccc(F)c2)sc1C(=O)NNC(=O)C(C)Oc1ccccc1F. The number of para-hydroxylation sites is 1. The average Bonchev–Trinajstić information content (AvgIpc) is 3.13. The summed E-state index contributed by atoms with van der Waals surface area (Å²) in [6.45, 7) is 3.07. The quantitative estimate of drug-likeness (QED) is 0.489. The van der Waals surface area contributed by atoms with Gasteiger partial charge in [0.2, 0.25) is 0 Å². The van der Waals surface area contributed by atoms with Crippen LogP contribution >= 0.6 is 11.3 Å². The van der Waals surface area contributed by atoms with Crippen LogP contribution in [0.25, 0.3) is 0 Å². The predicted octanol–water partition coefficient (Wildman–Crippen LogP) is 3.82. The van der Waals surface area contributed by atoms with Crippen LogP contribution in [-0.2, 0) is 4.79 Å². The first kappa shape index (κ1) is 22.9. The second kappa shape index (κ2) is 10.0. The molecule has 3 rings (SSSR count). The molecule has 166 valence electrons. The summed E-state index contributed by atoms with van der Waals surface area (Å²) in [7, 11) is 0. The van der Waals surface area contributed by atoms with Crippen molar-refractivity contribution in [3.63, 3.8) is 0 Å². The number of hydrogen-bond donors (Lipinski definition) is 3. The van der Waals surface area contributed by atoms with Crippen molar-refractivity contribution in [2.75, 3.05) is 5.32 Å². The Bertz CT molecular complexity index is 1170. The van der Waals surface area contributed by atoms with Crippen LogP contribution < -0.4 is 20.9 Å². The maximum absolute atomic E-state index is 13.6. The highest BCUT2D eigenvalue weighted by atomic mass is 32.1. The van der Waals surface area contributed by atoms with Crippen molar-refractivity contribution in [3.8, 4) is 5.75 Å². The number of nitrogens with one attached hydrogen (secondary N) is 3. The van der Waals surface area contributed by atoms with Crippen molar-refractivity contribution < 1.29 is 27.9 Å². The number of thiophene rings is 1. The molecule has 1 heterocycles. The van der Waals surface area contributed by atoms with Crippen LogP contribution in [0.15, 0.2) is 54.6 Å². The van der Waals surface area contributed by atoms with Gasteiger partial charge in [0.15, 0.2) is 17.7 Å². The van der Waals surface area contributed by atoms with Gasteiger partial charge in [-0.1, -0.05) is 18.2 Å². The molecule has 3 amide bonds. The monoisotopic (exact) mass is 459 g/mol. The summed E-state index contributed by atoms with van der Waals surface area (Å²) in [5.74, 6) is -3.05. The zero-order valence-electron chi connectivity index (χ0n) is 17.1. The molecule has 1 aromatic heterocycles. The summed E-state index contributed by atoms with van der Waals surface area (Å²) in [6.07, 6.45) is -1.07. The number of carbonyl (C=O) groups is 3. The third-order valence-corrected chi connectivity index (χ3v) is 5.41. The van der Waals surface area contributed by atoms with E-state index in [9.17, 15) is 23.2 Å². The maximum atomic E-state index is 13.6. The van der Waals surface area contributed by atoms with Crippen LogP contribution in [0.3, 0.4) is 0 Å². The van der Waals surface area contributed by atoms with Gasteiger partial charge in [-0.3, -0.25) is 25.2 Å². The smallest absolute Gasteiger partial charge is 0.280 e. The molecule has 1 unspecified atom stereocenters. The Morgan fingerprint density at radius 3 is 2.44 bits per heavy atom. The first-order valence-corrected chi connectivity index (χ1v) is 10.2. The number of hydrazine groups is 1. The lowest BCUT2D eigenvalue weighted by molar-refractivity contribution is -0.128. The van der Waals surface area contributed by atoms with Gasteiger partial charge in [0.25, 0.3) is 17.7 Å². The Morgan fingerprint density at radius 1 is 0.969 bits per heavy atom. The molecule has 0 saturated carbocycles. The van der Waals surface area contributed by atoms with Crippen LogP contribution in [0.2, 0.25) is 0 Å². The molecule has 7 nitrogen and oxygen atoms in total. The summed E-state index contributed by atoms with van der Waals surface area (Å²) >= 11 is 0.990. The van der Waals surface area contributed by atoms with E-state index >= 15 is 0 Å². The van der Waals surface area contributed by atoms with E-state index < -0.39 is 35.5 Å². The van der Waals surface area contributed by atoms with Crippen LogP contribution in [0.1, 0.15) is 32.5 Å². The van der Waals surface area contributed by atoms with Gasteiger partial charge in [-0.2, -0.15) is 0 Å². The first-order chi connectivity index (χ1) is 15.2. The number of ether oxygens (including phenoxy) is 1. The Kier molecular flexibility index (Phi) is 7.16. The Morgan fingerprint density at radius 2 is 1.72 bits per heavy atom. The van der Waals surface area contributed by atoms with Crippen molar-refractivity contribution >= 4 is 34.1 Å². The topological polar surface area (TPSA) is 96.5 Å². The van der Waals surface area contributed by atoms with E-state index in [0.717, 1.165) is 17.4 Å². The minimum atomic E-state index is -1.07. The number of rotatable bonds is 6. The van der Waals surface area contributed by atoms with E-state index in [0.29, 0.717) is 10.6 Å². The van der Waals surface area contributed by atoms with E-state index in [2.05, 4.69) is 16.2 Å². The lowest BCUT2D eigenvalue weighted by atomic mass is 10.2. The summed E-state index contributed by atoms with van der Waals surface area (Å²) in [6, 6.07) is 12.4. The molecule has 10 heteroatoms. The van der Waals surface area contributed by atoms with Crippen molar-refractivity contribution in [2.45, 2.75) is 20.0 Å². The molecule has 0 aliphatic heterocycles. The number of halogens is 2. The number of benzene rings is 2. The van der Waals surface area contributed by atoms with Gasteiger partial charge in [0.05, 0.1) is 9.88 Å². The third-order valence-electron chi connectivity index (χ3n) is 4.26. The zero-order valence-corrected chi connectivity index (χ0v) is 17.9. The Labute approximate surface area is 186 Å². The van der Waals surface area contributed by atoms with Gasteiger partial charge in [0.1, 0.15) is 5.82 Å². The average molecular weight is 459 g/mol. The molecule has 3 N–H and O–H groups in total. The molecule has 3 aromatic rings. The number of carbonyl (C=O) groups excluding carboxylic acids is 3. The summed E-state index contributed by atoms with van der Waals surface area (Å²) < 4.78 is 32.2. The van der Waals surface area contributed by atoms with Crippen LogP contribution in [0.4, 0.5) is 13.8 Å². The second-order valence-corrected chi connectivity index (χ2v) is 7.77. The van der Waals surface area contributed by atoms with Crippen molar-refractivity contribution in [3.05, 3.63) is 82.2 Å². The lowest BCUT2D eigenvalue weighted by Gasteiger charge is -2.15. The summed E-state index contributed by atoms with van der Waals surface area (Å²) in [4.78, 5) is 37.1. The van der Waals surface area contributed by atoms with Crippen molar-refractivity contribution in [2.24, 2.45) is 0 Å². The molecule has 2 aromatic carbocycles. The van der Waals surface area contributed by atoms with E-state index in [1.807, 2.05) is 0 Å². The molecular weight excluding hydrogens is 440 g/mol. The summed E-state index contributed by atoms with van der Waals surface area (Å²) in [5, 5.41) is 2.99. The van der Waals surface area contributed by atoms with Gasteiger partial charge in [0, 0.05) is 5.56 Å². The molecular formula is C22H19F2N3O4S. The number of amides is 3. The standard InChI is InChI=1S/C22H19F2N3O4S/c1-12-10-18(25-21(29)14-6-5-7-15(23)11-14)32-19(12)22(30)27-26-20(28)13(2)31-17-9-4-3-8-16(17)24/h3-11,13H,1-2H3,(H,25,29)(H,26,28)(H,27,30). The Balaban J connectivity index is 1.57. The zero-order chi connectivity index (χ0) is 23.3. The lowest BCUT2D eigenvalue weighted by Crippen LogP contribution is -2.47. The minimum absolute atomic E-state index is 0.0886. The van der Waals surface area contributed by atoms with E-state index in [1.165, 1.54) is 43.3 Å². The predicted molar refractivity (Wildman–Crippen MR) is 116 cm³/mol. The van der Waals surface area contributed by atoms with Gasteiger partial charge < -0.3 is 10.1 Å². The minimum Gasteiger partial charge on any atom is -0.478 e. The fraction of sp³-hybridized carbons (Fsp3) is 0.136. The first-order valence-electron chi connectivity index (χ1n) is 9.43. The molecule has 0 radical (unpaired) electrons. The normalized spacial score (nSPS) is 11.4. The van der Waals surface area contributed by atoms with E-state index in [-0.39, 0.29) is 16.2 Å². The molecule has 0 aliphatic rings. The van der Waals surface area contributed by atoms with Gasteiger partial charge in [-0.15, -0.1) is 11.3 Å². The number of anilines is 1. The van der Waals surface area contributed by atoms with E-state index in [1.54, 1.807) is 19.1 Å². The third kappa shape index (κ3) is 5.67. The van der Waals surface area contributed by atoms with Gasteiger partial charge in [-0.05, 0) is 55.8 Å². The van der Waals surface area contributed by atoms with Gasteiger partial charge in [-0.25, -0.2) is 8.78 Å².